The SMILES string of the molecule is C[C@H](CC(=O)COc1cc(C(F)(F)F)c2c(C3CC3)nn(C)c2n1)c1ccccc1. The van der Waals surface area contributed by atoms with E-state index in [9.17, 15) is 18.0 Å². The molecule has 0 aliphatic heterocycles. The molecule has 0 bridgehead atoms. The molecular weight excluding hydrogens is 395 g/mol. The monoisotopic (exact) mass is 417 g/mol. The molecule has 1 atom stereocenters. The highest BCUT2D eigenvalue weighted by Gasteiger charge is 2.39. The summed E-state index contributed by atoms with van der Waals surface area (Å²) in [5.41, 5.74) is 0.758. The lowest BCUT2D eigenvalue weighted by molar-refractivity contribution is -0.136. The maximum absolute atomic E-state index is 13.7. The van der Waals surface area contributed by atoms with Gasteiger partial charge in [-0.2, -0.15) is 23.3 Å². The summed E-state index contributed by atoms with van der Waals surface area (Å²) in [5, 5.41) is 4.30. The number of fused-ring (bicyclic) bond motifs is 1. The molecule has 1 aliphatic carbocycles. The fraction of sp³-hybridized carbons (Fsp3) is 0.409. The summed E-state index contributed by atoms with van der Waals surface area (Å²) in [7, 11) is 1.57. The molecule has 2 heterocycles. The number of ether oxygens (including phenoxy) is 1. The van der Waals surface area contributed by atoms with E-state index in [4.69, 9.17) is 4.74 Å². The Hall–Kier alpha value is -2.90. The van der Waals surface area contributed by atoms with E-state index >= 15 is 0 Å². The summed E-state index contributed by atoms with van der Waals surface area (Å²) in [6.07, 6.45) is -2.68. The highest BCUT2D eigenvalue weighted by atomic mass is 19.4. The van der Waals surface area contributed by atoms with E-state index < -0.39 is 11.7 Å². The first-order valence-electron chi connectivity index (χ1n) is 9.88. The fourth-order valence-corrected chi connectivity index (χ4v) is 3.65. The van der Waals surface area contributed by atoms with E-state index in [0.717, 1.165) is 24.5 Å². The predicted octanol–water partition coefficient (Wildman–Crippen LogP) is 5.01. The average molecular weight is 417 g/mol. The van der Waals surface area contributed by atoms with Crippen LogP contribution in [-0.4, -0.2) is 27.2 Å². The maximum Gasteiger partial charge on any atom is 0.417 e. The van der Waals surface area contributed by atoms with Gasteiger partial charge in [0.05, 0.1) is 16.6 Å². The van der Waals surface area contributed by atoms with E-state index in [0.29, 0.717) is 5.69 Å². The van der Waals surface area contributed by atoms with Crippen LogP contribution in [-0.2, 0) is 18.0 Å². The van der Waals surface area contributed by atoms with Crippen molar-refractivity contribution in [1.82, 2.24) is 14.8 Å². The molecule has 1 saturated carbocycles. The molecule has 0 radical (unpaired) electrons. The van der Waals surface area contributed by atoms with Crippen molar-refractivity contribution in [3.63, 3.8) is 0 Å². The molecule has 158 valence electrons. The smallest absolute Gasteiger partial charge is 0.417 e. The number of Topliss-reactive ketones (excluding diaryl/α,β-unsaturated/α-hetero) is 1. The summed E-state index contributed by atoms with van der Waals surface area (Å²) in [4.78, 5) is 16.5. The number of hydrogen-bond acceptors (Lipinski definition) is 4. The predicted molar refractivity (Wildman–Crippen MR) is 105 cm³/mol. The third-order valence-corrected chi connectivity index (χ3v) is 5.35. The molecule has 0 saturated heterocycles. The number of ketones is 1. The number of aryl methyl sites for hydroxylation is 1. The minimum Gasteiger partial charge on any atom is -0.470 e. The number of nitrogens with zero attached hydrogens (tertiary/aromatic N) is 3. The summed E-state index contributed by atoms with van der Waals surface area (Å²) < 4.78 is 48.0. The maximum atomic E-state index is 13.7. The molecule has 30 heavy (non-hydrogen) atoms. The third-order valence-electron chi connectivity index (χ3n) is 5.35. The van der Waals surface area contributed by atoms with Crippen LogP contribution in [0.2, 0.25) is 0 Å². The zero-order valence-corrected chi connectivity index (χ0v) is 16.7. The van der Waals surface area contributed by atoms with Crippen molar-refractivity contribution in [2.45, 2.75) is 44.2 Å². The van der Waals surface area contributed by atoms with Gasteiger partial charge in [-0.1, -0.05) is 37.3 Å². The number of carbonyl (C=O) groups is 1. The molecule has 0 N–H and O–H groups in total. The molecule has 1 aliphatic rings. The Balaban J connectivity index is 1.54. The third kappa shape index (κ3) is 4.17. The zero-order valence-electron chi connectivity index (χ0n) is 16.7. The fourth-order valence-electron chi connectivity index (χ4n) is 3.65. The summed E-state index contributed by atoms with van der Waals surface area (Å²) in [6.45, 7) is 1.59. The van der Waals surface area contributed by atoms with E-state index in [2.05, 4.69) is 10.1 Å². The van der Waals surface area contributed by atoms with Gasteiger partial charge in [0.15, 0.2) is 11.4 Å². The lowest BCUT2D eigenvalue weighted by atomic mass is 9.96. The highest BCUT2D eigenvalue weighted by Crippen LogP contribution is 2.46. The van der Waals surface area contributed by atoms with Crippen molar-refractivity contribution < 1.29 is 22.7 Å². The first kappa shape index (κ1) is 20.4. The first-order valence-corrected chi connectivity index (χ1v) is 9.88. The number of alkyl halides is 3. The minimum absolute atomic E-state index is 0.0124. The molecule has 5 nitrogen and oxygen atoms in total. The van der Waals surface area contributed by atoms with E-state index in [1.54, 1.807) is 7.05 Å². The van der Waals surface area contributed by atoms with Crippen LogP contribution >= 0.6 is 0 Å². The normalized spacial score (nSPS) is 15.4. The molecule has 0 spiro atoms. The Morgan fingerprint density at radius 2 is 1.97 bits per heavy atom. The van der Waals surface area contributed by atoms with Crippen LogP contribution in [0.1, 0.15) is 54.8 Å². The summed E-state index contributed by atoms with van der Waals surface area (Å²) in [5.74, 6) is -0.391. The van der Waals surface area contributed by atoms with Gasteiger partial charge >= 0.3 is 6.18 Å². The van der Waals surface area contributed by atoms with Crippen LogP contribution in [0.25, 0.3) is 11.0 Å². The van der Waals surface area contributed by atoms with Crippen molar-refractivity contribution in [3.8, 4) is 5.88 Å². The van der Waals surface area contributed by atoms with Crippen molar-refractivity contribution in [2.75, 3.05) is 6.61 Å². The lowest BCUT2D eigenvalue weighted by Gasteiger charge is -2.13. The Bertz CT molecular complexity index is 1070. The molecule has 0 amide bonds. The van der Waals surface area contributed by atoms with Gasteiger partial charge in [0.25, 0.3) is 0 Å². The molecular formula is C22H22F3N3O2. The standard InChI is InChI=1S/C22H22F3N3O2/c1-13(14-6-4-3-5-7-14)10-16(29)12-30-18-11-17(22(23,24)25)19-20(15-8-9-15)27-28(2)21(19)26-18/h3-7,11,13,15H,8-10,12H2,1-2H3/t13-/m1/s1. The van der Waals surface area contributed by atoms with Crippen molar-refractivity contribution >= 4 is 16.8 Å². The van der Waals surface area contributed by atoms with Crippen LogP contribution < -0.4 is 4.74 Å². The van der Waals surface area contributed by atoms with Crippen molar-refractivity contribution in [1.29, 1.82) is 0 Å². The molecule has 4 rings (SSSR count). The molecule has 3 aromatic rings. The van der Waals surface area contributed by atoms with Crippen LogP contribution in [0.5, 0.6) is 5.88 Å². The average Bonchev–Trinajstić information content (AvgIpc) is 3.50. The second-order valence-corrected chi connectivity index (χ2v) is 7.83. The molecule has 1 aromatic carbocycles. The van der Waals surface area contributed by atoms with Gasteiger partial charge in [-0.05, 0) is 24.3 Å². The number of carbonyl (C=O) groups excluding carboxylic acids is 1. The van der Waals surface area contributed by atoms with Crippen LogP contribution in [0, 0.1) is 0 Å². The summed E-state index contributed by atoms with van der Waals surface area (Å²) in [6, 6.07) is 10.4. The molecule has 1 fully saturated rings. The number of aromatic nitrogens is 3. The van der Waals surface area contributed by atoms with Gasteiger partial charge in [0, 0.05) is 25.5 Å². The van der Waals surface area contributed by atoms with Crippen LogP contribution in [0.4, 0.5) is 13.2 Å². The topological polar surface area (TPSA) is 57.0 Å². The highest BCUT2D eigenvalue weighted by molar-refractivity contribution is 5.85. The van der Waals surface area contributed by atoms with E-state index in [1.165, 1.54) is 4.68 Å². The number of rotatable bonds is 7. The van der Waals surface area contributed by atoms with Gasteiger partial charge in [0.1, 0.15) is 6.61 Å². The number of pyridine rings is 1. The Kier molecular flexibility index (Phi) is 5.26. The van der Waals surface area contributed by atoms with E-state index in [-0.39, 0.29) is 47.6 Å². The van der Waals surface area contributed by atoms with Crippen LogP contribution in [0.3, 0.4) is 0 Å². The van der Waals surface area contributed by atoms with Gasteiger partial charge in [-0.3, -0.25) is 9.48 Å². The Labute approximate surface area is 171 Å². The minimum atomic E-state index is -4.57. The van der Waals surface area contributed by atoms with Crippen molar-refractivity contribution in [2.24, 2.45) is 7.05 Å². The van der Waals surface area contributed by atoms with Gasteiger partial charge in [-0.15, -0.1) is 0 Å². The lowest BCUT2D eigenvalue weighted by Crippen LogP contribution is -2.15. The second kappa shape index (κ2) is 7.74. The largest absolute Gasteiger partial charge is 0.470 e. The molecule has 8 heteroatoms. The number of hydrogen-bond donors (Lipinski definition) is 0. The Morgan fingerprint density at radius 1 is 1.27 bits per heavy atom. The molecule has 2 aromatic heterocycles. The van der Waals surface area contributed by atoms with E-state index in [1.807, 2.05) is 37.3 Å². The summed E-state index contributed by atoms with van der Waals surface area (Å²) >= 11 is 0. The molecule has 0 unspecified atom stereocenters. The van der Waals surface area contributed by atoms with Gasteiger partial charge < -0.3 is 4.74 Å². The zero-order chi connectivity index (χ0) is 21.5. The Morgan fingerprint density at radius 3 is 2.60 bits per heavy atom. The quantitative estimate of drug-likeness (QED) is 0.543. The first-order chi connectivity index (χ1) is 14.2. The van der Waals surface area contributed by atoms with Gasteiger partial charge in [-0.25, -0.2) is 0 Å². The van der Waals surface area contributed by atoms with Crippen LogP contribution in [0.15, 0.2) is 36.4 Å². The number of benzene rings is 1. The number of halogens is 3. The second-order valence-electron chi connectivity index (χ2n) is 7.83. The van der Waals surface area contributed by atoms with Crippen molar-refractivity contribution in [3.05, 3.63) is 53.2 Å². The van der Waals surface area contributed by atoms with Gasteiger partial charge in [0.2, 0.25) is 5.88 Å².